The van der Waals surface area contributed by atoms with Crippen molar-refractivity contribution in [3.8, 4) is 0 Å². The molecule has 4 aliphatic heterocycles. The molecule has 4 saturated heterocycles. The first-order valence-corrected chi connectivity index (χ1v) is 15.5. The molecule has 0 spiro atoms. The van der Waals surface area contributed by atoms with Gasteiger partial charge in [0.15, 0.2) is 5.96 Å². The third-order valence-corrected chi connectivity index (χ3v) is 10.4. The lowest BCUT2D eigenvalue weighted by molar-refractivity contribution is -0.219. The molecule has 10 nitrogen and oxygen atoms in total. The summed E-state index contributed by atoms with van der Waals surface area (Å²) in [6.45, 7) is 1.78. The highest BCUT2D eigenvalue weighted by atomic mass is 19.4. The fourth-order valence-electron chi connectivity index (χ4n) is 8.22. The van der Waals surface area contributed by atoms with Crippen molar-refractivity contribution in [3.63, 3.8) is 0 Å². The molecule has 4 heterocycles. The lowest BCUT2D eigenvalue weighted by Gasteiger charge is -2.48. The second kappa shape index (κ2) is 12.1. The highest BCUT2D eigenvalue weighted by molar-refractivity contribution is 5.80. The Morgan fingerprint density at radius 2 is 1.58 bits per heavy atom. The fourth-order valence-corrected chi connectivity index (χ4v) is 8.22. The summed E-state index contributed by atoms with van der Waals surface area (Å²) in [5, 5.41) is 25.4. The van der Waals surface area contributed by atoms with Crippen LogP contribution in [0, 0.1) is 29.1 Å². The SMILES string of the molecule is COC1NCNC(C2CC2)C1C1NCC2C(N1)N(CC1CCC(C3NC(C(F)(F)F)OC3C)CC1)C(=N)N2CC(F)(F)F. The number of ether oxygens (including phenoxy) is 2. The van der Waals surface area contributed by atoms with Gasteiger partial charge in [-0.25, -0.2) is 0 Å². The minimum Gasteiger partial charge on any atom is -0.366 e. The van der Waals surface area contributed by atoms with Gasteiger partial charge in [0.2, 0.25) is 6.23 Å². The van der Waals surface area contributed by atoms with Gasteiger partial charge in [-0.05, 0) is 63.2 Å². The van der Waals surface area contributed by atoms with Crippen LogP contribution < -0.4 is 26.6 Å². The van der Waals surface area contributed by atoms with Gasteiger partial charge in [-0.2, -0.15) is 26.3 Å². The number of hydrogen-bond donors (Lipinski definition) is 6. The van der Waals surface area contributed by atoms with E-state index in [0.717, 1.165) is 30.6 Å². The minimum atomic E-state index is -4.47. The quantitative estimate of drug-likeness (QED) is 0.236. The Bertz CT molecular complexity index is 994. The van der Waals surface area contributed by atoms with Crippen LogP contribution in [-0.4, -0.2) is 111 Å². The van der Waals surface area contributed by atoms with Crippen molar-refractivity contribution in [2.24, 2.45) is 23.7 Å². The number of alkyl halides is 6. The number of methoxy groups -OCH3 is 1. The Hall–Kier alpha value is -1.43. The Balaban J connectivity index is 1.14. The first-order chi connectivity index (χ1) is 20.3. The van der Waals surface area contributed by atoms with Crippen molar-refractivity contribution in [3.05, 3.63) is 0 Å². The summed E-state index contributed by atoms with van der Waals surface area (Å²) in [5.41, 5.74) is 0. The van der Waals surface area contributed by atoms with Crippen LogP contribution in [0.25, 0.3) is 0 Å². The fraction of sp³-hybridized carbons (Fsp3) is 0.963. The van der Waals surface area contributed by atoms with Gasteiger partial charge in [-0.15, -0.1) is 0 Å². The van der Waals surface area contributed by atoms with E-state index < -0.39 is 49.5 Å². The number of guanidine groups is 1. The summed E-state index contributed by atoms with van der Waals surface area (Å²) in [7, 11) is 1.65. The van der Waals surface area contributed by atoms with Gasteiger partial charge in [-0.1, -0.05) is 0 Å². The first-order valence-electron chi connectivity index (χ1n) is 15.5. The topological polar surface area (TPSA) is 109 Å². The van der Waals surface area contributed by atoms with Crippen LogP contribution in [0.2, 0.25) is 0 Å². The third kappa shape index (κ3) is 6.61. The molecule has 0 radical (unpaired) electrons. The van der Waals surface area contributed by atoms with Crippen LogP contribution in [0.3, 0.4) is 0 Å². The molecule has 16 heteroatoms. The molecular formula is C27H44F6N8O2. The maximum Gasteiger partial charge on any atom is 0.428 e. The van der Waals surface area contributed by atoms with E-state index in [2.05, 4.69) is 26.6 Å². The van der Waals surface area contributed by atoms with Gasteiger partial charge < -0.3 is 24.6 Å². The summed E-state index contributed by atoms with van der Waals surface area (Å²) < 4.78 is 91.5. The molecule has 6 aliphatic rings. The number of nitrogens with zero attached hydrogens (tertiary/aromatic N) is 2. The Labute approximate surface area is 247 Å². The van der Waals surface area contributed by atoms with E-state index in [4.69, 9.17) is 14.9 Å². The molecule has 246 valence electrons. The summed E-state index contributed by atoms with van der Waals surface area (Å²) >= 11 is 0. The van der Waals surface area contributed by atoms with Gasteiger partial charge in [0.1, 0.15) is 18.9 Å². The van der Waals surface area contributed by atoms with Crippen LogP contribution in [0.5, 0.6) is 0 Å². The van der Waals surface area contributed by atoms with Crippen LogP contribution in [0.4, 0.5) is 26.3 Å². The van der Waals surface area contributed by atoms with Gasteiger partial charge in [0.25, 0.3) is 0 Å². The lowest BCUT2D eigenvalue weighted by Crippen LogP contribution is -2.73. The molecule has 9 atom stereocenters. The number of fused-ring (bicyclic) bond motifs is 1. The molecule has 6 rings (SSSR count). The van der Waals surface area contributed by atoms with Gasteiger partial charge >= 0.3 is 12.4 Å². The van der Waals surface area contributed by atoms with Gasteiger partial charge in [-0.3, -0.25) is 26.7 Å². The molecule has 0 aromatic rings. The van der Waals surface area contributed by atoms with E-state index in [0.29, 0.717) is 38.5 Å². The Kier molecular flexibility index (Phi) is 8.85. The second-order valence-electron chi connectivity index (χ2n) is 13.2. The minimum absolute atomic E-state index is 0.0148. The maximum absolute atomic E-state index is 13.6. The van der Waals surface area contributed by atoms with Crippen LogP contribution in [0.15, 0.2) is 0 Å². The van der Waals surface area contributed by atoms with E-state index in [-0.39, 0.29) is 42.1 Å². The summed E-state index contributed by atoms with van der Waals surface area (Å²) in [5.74, 6) is 0.495. The van der Waals surface area contributed by atoms with Crippen LogP contribution >= 0.6 is 0 Å². The molecule has 6 fully saturated rings. The number of hydrogen-bond acceptors (Lipinski definition) is 8. The smallest absolute Gasteiger partial charge is 0.366 e. The molecule has 43 heavy (non-hydrogen) atoms. The predicted octanol–water partition coefficient (Wildman–Crippen LogP) is 1.90. The molecule has 0 bridgehead atoms. The van der Waals surface area contributed by atoms with Crippen molar-refractivity contribution in [1.29, 1.82) is 5.41 Å². The molecular weight excluding hydrogens is 582 g/mol. The third-order valence-electron chi connectivity index (χ3n) is 10.4. The standard InChI is InChI=1S/C27H44F6N8O2/c1-13-19(38-24(43-13)27(31,32)33)15-5-3-14(4-6-15)10-40-22-17(41(25(40)34)11-26(28,29)30)9-35-21(39-22)18-20(16-7-8-16)36-12-37-23(18)42-2/h13-24,34-39H,3-12H2,1-2H3. The highest BCUT2D eigenvalue weighted by Crippen LogP contribution is 2.41. The first kappa shape index (κ1) is 31.5. The van der Waals surface area contributed by atoms with E-state index >= 15 is 0 Å². The lowest BCUT2D eigenvalue weighted by atomic mass is 9.77. The van der Waals surface area contributed by atoms with E-state index in [9.17, 15) is 26.3 Å². The van der Waals surface area contributed by atoms with Crippen molar-refractivity contribution in [2.75, 3.05) is 33.4 Å². The number of rotatable bonds is 7. The molecule has 2 saturated carbocycles. The molecule has 0 aromatic carbocycles. The van der Waals surface area contributed by atoms with Gasteiger partial charge in [0, 0.05) is 44.9 Å². The van der Waals surface area contributed by atoms with E-state index in [1.54, 1.807) is 18.9 Å². The Morgan fingerprint density at radius 1 is 0.907 bits per heavy atom. The van der Waals surface area contributed by atoms with Crippen molar-refractivity contribution in [1.82, 2.24) is 36.4 Å². The average Bonchev–Trinajstić information content (AvgIpc) is 3.68. The molecule has 0 aromatic heterocycles. The maximum atomic E-state index is 13.6. The highest BCUT2D eigenvalue weighted by Gasteiger charge is 2.54. The summed E-state index contributed by atoms with van der Waals surface area (Å²) in [6, 6.07) is -0.787. The molecule has 0 amide bonds. The van der Waals surface area contributed by atoms with Crippen LogP contribution in [0.1, 0.15) is 45.4 Å². The van der Waals surface area contributed by atoms with Gasteiger partial charge in [0.05, 0.1) is 18.3 Å². The number of nitrogens with one attached hydrogen (secondary N) is 6. The van der Waals surface area contributed by atoms with E-state index in [1.165, 1.54) is 0 Å². The largest absolute Gasteiger partial charge is 0.428 e. The summed E-state index contributed by atoms with van der Waals surface area (Å²) in [4.78, 5) is 2.93. The average molecular weight is 627 g/mol. The second-order valence-corrected chi connectivity index (χ2v) is 13.2. The molecule has 9 unspecified atom stereocenters. The number of halogens is 6. The van der Waals surface area contributed by atoms with Crippen molar-refractivity contribution < 1.29 is 35.8 Å². The van der Waals surface area contributed by atoms with E-state index in [1.807, 2.05) is 0 Å². The van der Waals surface area contributed by atoms with Crippen LogP contribution in [-0.2, 0) is 9.47 Å². The Morgan fingerprint density at radius 3 is 2.19 bits per heavy atom. The molecule has 6 N–H and O–H groups in total. The monoisotopic (exact) mass is 626 g/mol. The summed E-state index contributed by atoms with van der Waals surface area (Å²) in [6.07, 6.45) is -7.35. The zero-order chi connectivity index (χ0) is 30.7. The zero-order valence-electron chi connectivity index (χ0n) is 24.5. The zero-order valence-corrected chi connectivity index (χ0v) is 24.5. The normalized spacial score (nSPS) is 42.9. The van der Waals surface area contributed by atoms with Crippen molar-refractivity contribution in [2.45, 2.75) is 107 Å². The predicted molar refractivity (Wildman–Crippen MR) is 144 cm³/mol. The van der Waals surface area contributed by atoms with Crippen molar-refractivity contribution >= 4 is 5.96 Å². The molecule has 2 aliphatic carbocycles.